The molecule has 0 unspecified atom stereocenters. The lowest BCUT2D eigenvalue weighted by atomic mass is 9.81. The SMILES string of the molecule is C/C=C\N(/C=C/CCC)c1ccc2c(c1)c1cc(-c3ccc(N(c4ccc(-c5ccccc5)cc4)c4ccc5c(c4)C(C)(C)c4cc(-c6cc[n+](C)cc6)ccc4-5)cc3)ccc1n2-c1ccccc1. The lowest BCUT2D eigenvalue weighted by Gasteiger charge is -2.28. The van der Waals surface area contributed by atoms with Crippen molar-refractivity contribution in [1.29, 1.82) is 0 Å². The standard InChI is InChI=1S/C65H57N4/c1-6-8-15-39-67(38-7-2)55-31-35-64-60(44-55)59-42-50(25-34-63(59)69(64)52-18-13-10-14-19-52)48-22-28-54(29-23-48)68(53-26-20-47(21-27-53)46-16-11-9-12-17-46)56-30-33-58-57-32-24-51(49-36-40-66(5)41-37-49)43-61(57)65(3,4)62(58)45-56/h7,9-45H,6,8H2,1-5H3/q+1/b38-7-,39-15+. The summed E-state index contributed by atoms with van der Waals surface area (Å²) >= 11 is 0. The van der Waals surface area contributed by atoms with Crippen molar-refractivity contribution < 1.29 is 4.57 Å². The topological polar surface area (TPSA) is 15.3 Å². The fourth-order valence-electron chi connectivity index (χ4n) is 10.4. The fourth-order valence-corrected chi connectivity index (χ4v) is 10.4. The van der Waals surface area contributed by atoms with Crippen molar-refractivity contribution in [2.75, 3.05) is 9.80 Å². The molecule has 69 heavy (non-hydrogen) atoms. The van der Waals surface area contributed by atoms with E-state index < -0.39 is 0 Å². The van der Waals surface area contributed by atoms with Crippen LogP contribution in [0.4, 0.5) is 22.7 Å². The van der Waals surface area contributed by atoms with Gasteiger partial charge in [-0.05, 0) is 154 Å². The number of hydrogen-bond acceptors (Lipinski definition) is 2. The molecule has 10 aromatic rings. The van der Waals surface area contributed by atoms with Crippen LogP contribution in [0.5, 0.6) is 0 Å². The lowest BCUT2D eigenvalue weighted by Crippen LogP contribution is -2.25. The van der Waals surface area contributed by atoms with Gasteiger partial charge in [0, 0.05) is 69.2 Å². The molecule has 0 N–H and O–H groups in total. The number of allylic oxidation sites excluding steroid dienone is 2. The van der Waals surface area contributed by atoms with Gasteiger partial charge in [0.25, 0.3) is 0 Å². The number of aryl methyl sites for hydroxylation is 1. The predicted molar refractivity (Wildman–Crippen MR) is 292 cm³/mol. The van der Waals surface area contributed by atoms with Gasteiger partial charge in [0.05, 0.1) is 11.0 Å². The molecule has 336 valence electrons. The van der Waals surface area contributed by atoms with Crippen LogP contribution in [0.3, 0.4) is 0 Å². The van der Waals surface area contributed by atoms with Crippen LogP contribution in [-0.2, 0) is 12.5 Å². The van der Waals surface area contributed by atoms with E-state index in [1.807, 2.05) is 0 Å². The third-order valence-corrected chi connectivity index (χ3v) is 14.0. The normalized spacial score (nSPS) is 12.8. The molecule has 0 radical (unpaired) electrons. The van der Waals surface area contributed by atoms with Gasteiger partial charge in [0.2, 0.25) is 0 Å². The number of fused-ring (bicyclic) bond motifs is 6. The second-order valence-corrected chi connectivity index (χ2v) is 18.8. The molecule has 0 amide bonds. The molecular formula is C65H57N4+. The van der Waals surface area contributed by atoms with Crippen LogP contribution in [-0.4, -0.2) is 4.57 Å². The first-order valence-corrected chi connectivity index (χ1v) is 24.3. The van der Waals surface area contributed by atoms with Crippen LogP contribution in [0.25, 0.3) is 72.0 Å². The molecule has 0 saturated carbocycles. The molecule has 0 saturated heterocycles. The molecule has 0 fully saturated rings. The summed E-state index contributed by atoms with van der Waals surface area (Å²) < 4.78 is 4.48. The van der Waals surface area contributed by atoms with Crippen LogP contribution in [0.15, 0.2) is 231 Å². The van der Waals surface area contributed by atoms with Gasteiger partial charge in [-0.15, -0.1) is 0 Å². The first-order chi connectivity index (χ1) is 33.8. The molecule has 0 aliphatic heterocycles. The van der Waals surface area contributed by atoms with Crippen molar-refractivity contribution in [1.82, 2.24) is 4.57 Å². The van der Waals surface area contributed by atoms with E-state index in [-0.39, 0.29) is 5.41 Å². The summed E-state index contributed by atoms with van der Waals surface area (Å²) in [6.07, 6.45) is 15.1. The first kappa shape index (κ1) is 43.4. The van der Waals surface area contributed by atoms with E-state index in [0.29, 0.717) is 0 Å². The number of nitrogens with zero attached hydrogens (tertiary/aromatic N) is 4. The average Bonchev–Trinajstić information content (AvgIpc) is 3.84. The van der Waals surface area contributed by atoms with Crippen molar-refractivity contribution in [2.45, 2.75) is 46.0 Å². The van der Waals surface area contributed by atoms with Crippen molar-refractivity contribution in [2.24, 2.45) is 7.05 Å². The minimum atomic E-state index is -0.192. The van der Waals surface area contributed by atoms with E-state index in [2.05, 4.69) is 285 Å². The quantitative estimate of drug-likeness (QED) is 0.114. The van der Waals surface area contributed by atoms with Gasteiger partial charge in [-0.2, -0.15) is 0 Å². The number of benzene rings is 8. The summed E-state index contributed by atoms with van der Waals surface area (Å²) in [5.74, 6) is 0. The number of anilines is 4. The Kier molecular flexibility index (Phi) is 11.4. The molecule has 0 bridgehead atoms. The van der Waals surface area contributed by atoms with Crippen molar-refractivity contribution in [3.8, 4) is 50.2 Å². The Bertz CT molecular complexity index is 3520. The summed E-state index contributed by atoms with van der Waals surface area (Å²) in [5.41, 5.74) is 20.4. The summed E-state index contributed by atoms with van der Waals surface area (Å²) in [7, 11) is 2.06. The van der Waals surface area contributed by atoms with Crippen LogP contribution >= 0.6 is 0 Å². The molecule has 0 atom stereocenters. The number of para-hydroxylation sites is 1. The molecule has 11 rings (SSSR count). The highest BCUT2D eigenvalue weighted by Gasteiger charge is 2.36. The smallest absolute Gasteiger partial charge is 0.169 e. The highest BCUT2D eigenvalue weighted by Crippen LogP contribution is 2.52. The van der Waals surface area contributed by atoms with Gasteiger partial charge in [0.15, 0.2) is 12.4 Å². The summed E-state index contributed by atoms with van der Waals surface area (Å²) in [6, 6.07) is 71.8. The Morgan fingerprint density at radius 1 is 0.493 bits per heavy atom. The Morgan fingerprint density at radius 2 is 1.00 bits per heavy atom. The zero-order chi connectivity index (χ0) is 47.1. The second-order valence-electron chi connectivity index (χ2n) is 18.8. The van der Waals surface area contributed by atoms with Crippen LogP contribution in [0.2, 0.25) is 0 Å². The van der Waals surface area contributed by atoms with Gasteiger partial charge < -0.3 is 14.4 Å². The molecular weight excluding hydrogens is 837 g/mol. The molecule has 1 aliphatic rings. The Hall–Kier alpha value is -8.21. The molecule has 8 aromatic carbocycles. The zero-order valence-electron chi connectivity index (χ0n) is 40.1. The van der Waals surface area contributed by atoms with Gasteiger partial charge >= 0.3 is 0 Å². The molecule has 0 spiro atoms. The van der Waals surface area contributed by atoms with E-state index in [4.69, 9.17) is 0 Å². The Labute approximate surface area is 407 Å². The van der Waals surface area contributed by atoms with Gasteiger partial charge in [-0.3, -0.25) is 0 Å². The van der Waals surface area contributed by atoms with E-state index in [0.717, 1.165) is 41.3 Å². The van der Waals surface area contributed by atoms with E-state index in [1.165, 1.54) is 77.4 Å². The van der Waals surface area contributed by atoms with Crippen LogP contribution in [0, 0.1) is 0 Å². The Balaban J connectivity index is 0.995. The van der Waals surface area contributed by atoms with E-state index in [9.17, 15) is 0 Å². The van der Waals surface area contributed by atoms with Crippen molar-refractivity contribution in [3.63, 3.8) is 0 Å². The molecule has 2 heterocycles. The summed E-state index contributed by atoms with van der Waals surface area (Å²) in [6.45, 7) is 9.05. The molecule has 4 heteroatoms. The summed E-state index contributed by atoms with van der Waals surface area (Å²) in [4.78, 5) is 4.64. The fraction of sp³-hybridized carbons (Fsp3) is 0.123. The minimum absolute atomic E-state index is 0.192. The predicted octanol–water partition coefficient (Wildman–Crippen LogP) is 17.0. The third-order valence-electron chi connectivity index (χ3n) is 14.0. The maximum absolute atomic E-state index is 2.43. The maximum Gasteiger partial charge on any atom is 0.169 e. The first-order valence-electron chi connectivity index (χ1n) is 24.3. The monoisotopic (exact) mass is 893 g/mol. The van der Waals surface area contributed by atoms with Crippen LogP contribution < -0.4 is 14.4 Å². The number of rotatable bonds is 12. The average molecular weight is 894 g/mol. The largest absolute Gasteiger partial charge is 0.325 e. The van der Waals surface area contributed by atoms with Gasteiger partial charge in [-0.25, -0.2) is 4.57 Å². The van der Waals surface area contributed by atoms with Crippen molar-refractivity contribution in [3.05, 3.63) is 242 Å². The second kappa shape index (κ2) is 18.1. The van der Waals surface area contributed by atoms with Gasteiger partial charge in [-0.1, -0.05) is 136 Å². The lowest BCUT2D eigenvalue weighted by molar-refractivity contribution is -0.671. The number of hydrogen-bond donors (Lipinski definition) is 0. The van der Waals surface area contributed by atoms with Crippen molar-refractivity contribution >= 4 is 44.6 Å². The zero-order valence-corrected chi connectivity index (χ0v) is 40.1. The van der Waals surface area contributed by atoms with E-state index in [1.54, 1.807) is 0 Å². The van der Waals surface area contributed by atoms with Gasteiger partial charge in [0.1, 0.15) is 7.05 Å². The third kappa shape index (κ3) is 8.02. The van der Waals surface area contributed by atoms with E-state index >= 15 is 0 Å². The highest BCUT2D eigenvalue weighted by molar-refractivity contribution is 6.11. The molecule has 2 aromatic heterocycles. The summed E-state index contributed by atoms with van der Waals surface area (Å²) in [5, 5.41) is 2.45. The Morgan fingerprint density at radius 3 is 1.67 bits per heavy atom. The highest BCUT2D eigenvalue weighted by atomic mass is 15.1. The minimum Gasteiger partial charge on any atom is -0.325 e. The molecule has 4 nitrogen and oxygen atoms in total. The molecule has 1 aliphatic carbocycles. The number of unbranched alkanes of at least 4 members (excludes halogenated alkanes) is 1. The number of pyridine rings is 1. The maximum atomic E-state index is 2.43. The number of aromatic nitrogens is 2. The van der Waals surface area contributed by atoms with Crippen LogP contribution in [0.1, 0.15) is 51.7 Å².